The van der Waals surface area contributed by atoms with E-state index < -0.39 is 0 Å². The minimum atomic E-state index is -0.360. The maximum absolute atomic E-state index is 11.7. The molecule has 1 saturated carbocycles. The Morgan fingerprint density at radius 1 is 0.968 bits per heavy atom. The van der Waals surface area contributed by atoms with Crippen LogP contribution in [0.2, 0.25) is 0 Å². The smallest absolute Gasteiger partial charge is 0.305 e. The van der Waals surface area contributed by atoms with Crippen LogP contribution in [0, 0.1) is 11.8 Å². The molecule has 1 heterocycles. The van der Waals surface area contributed by atoms with Crippen molar-refractivity contribution >= 4 is 5.97 Å². The van der Waals surface area contributed by atoms with Crippen molar-refractivity contribution in [2.75, 3.05) is 19.8 Å². The number of ether oxygens (including phenoxy) is 3. The summed E-state index contributed by atoms with van der Waals surface area (Å²) in [4.78, 5) is 11.7. The van der Waals surface area contributed by atoms with Crippen molar-refractivity contribution in [1.82, 2.24) is 0 Å². The van der Waals surface area contributed by atoms with Gasteiger partial charge < -0.3 is 19.3 Å². The summed E-state index contributed by atoms with van der Waals surface area (Å²) in [6.07, 6.45) is 16.4. The number of carbonyl (C=O) groups is 1. The normalized spacial score (nSPS) is 23.5. The van der Waals surface area contributed by atoms with Crippen molar-refractivity contribution < 1.29 is 24.1 Å². The predicted octanol–water partition coefficient (Wildman–Crippen LogP) is 6.16. The van der Waals surface area contributed by atoms with Crippen LogP contribution >= 0.6 is 0 Å². The van der Waals surface area contributed by atoms with Crippen molar-refractivity contribution in [2.45, 2.75) is 128 Å². The molecule has 0 unspecified atom stereocenters. The summed E-state index contributed by atoms with van der Waals surface area (Å²) in [6.45, 7) is 6.29. The average Bonchev–Trinajstić information content (AvgIpc) is 3.37. The van der Waals surface area contributed by atoms with E-state index in [4.69, 9.17) is 14.2 Å². The molecule has 5 heteroatoms. The first-order valence-corrected chi connectivity index (χ1v) is 13.2. The van der Waals surface area contributed by atoms with Crippen LogP contribution in [-0.2, 0) is 19.0 Å². The van der Waals surface area contributed by atoms with Crippen LogP contribution in [-0.4, -0.2) is 42.8 Å². The molecule has 1 aliphatic carbocycles. The molecule has 182 valence electrons. The van der Waals surface area contributed by atoms with Gasteiger partial charge in [-0.15, -0.1) is 0 Å². The van der Waals surface area contributed by atoms with E-state index >= 15 is 0 Å². The van der Waals surface area contributed by atoms with E-state index in [-0.39, 0.29) is 17.9 Å². The summed E-state index contributed by atoms with van der Waals surface area (Å²) >= 11 is 0. The van der Waals surface area contributed by atoms with Crippen molar-refractivity contribution in [1.29, 1.82) is 0 Å². The molecule has 1 N–H and O–H groups in total. The van der Waals surface area contributed by atoms with E-state index in [1.807, 2.05) is 0 Å². The molecule has 0 bridgehead atoms. The summed E-state index contributed by atoms with van der Waals surface area (Å²) in [5.74, 6) is 0.624. The van der Waals surface area contributed by atoms with Gasteiger partial charge in [0.15, 0.2) is 5.79 Å². The molecule has 1 aliphatic heterocycles. The second-order valence-corrected chi connectivity index (χ2v) is 9.67. The molecule has 2 fully saturated rings. The number of aliphatic hydroxyl groups excluding tert-OH is 1. The molecule has 0 amide bonds. The Morgan fingerprint density at radius 3 is 2.45 bits per heavy atom. The van der Waals surface area contributed by atoms with Gasteiger partial charge in [-0.25, -0.2) is 0 Å². The zero-order chi connectivity index (χ0) is 22.4. The van der Waals surface area contributed by atoms with Gasteiger partial charge in [0, 0.05) is 18.8 Å². The fourth-order valence-corrected chi connectivity index (χ4v) is 5.33. The van der Waals surface area contributed by atoms with Crippen molar-refractivity contribution in [2.24, 2.45) is 11.8 Å². The van der Waals surface area contributed by atoms with Crippen molar-refractivity contribution in [3.63, 3.8) is 0 Å². The molecule has 3 atom stereocenters. The van der Waals surface area contributed by atoms with Crippen LogP contribution in [0.4, 0.5) is 0 Å². The molecular formula is C26H48O5. The van der Waals surface area contributed by atoms with Crippen molar-refractivity contribution in [3.05, 3.63) is 0 Å². The monoisotopic (exact) mass is 440 g/mol. The first-order chi connectivity index (χ1) is 15.1. The quantitative estimate of drug-likeness (QED) is 0.217. The third-order valence-electron chi connectivity index (χ3n) is 7.19. The molecular weight excluding hydrogens is 392 g/mol. The van der Waals surface area contributed by atoms with Gasteiger partial charge in [0.1, 0.15) is 0 Å². The Balaban J connectivity index is 1.68. The van der Waals surface area contributed by atoms with Gasteiger partial charge >= 0.3 is 5.97 Å². The molecule has 0 aromatic carbocycles. The van der Waals surface area contributed by atoms with Gasteiger partial charge in [0.2, 0.25) is 0 Å². The average molecular weight is 441 g/mol. The molecule has 2 aliphatic rings. The molecule has 5 nitrogen and oxygen atoms in total. The highest BCUT2D eigenvalue weighted by Crippen LogP contribution is 2.50. The van der Waals surface area contributed by atoms with Crippen LogP contribution in [0.3, 0.4) is 0 Å². The van der Waals surface area contributed by atoms with Gasteiger partial charge in [0.05, 0.1) is 25.9 Å². The number of hydrogen-bond donors (Lipinski definition) is 1. The van der Waals surface area contributed by atoms with Crippen molar-refractivity contribution in [3.8, 4) is 0 Å². The van der Waals surface area contributed by atoms with Crippen LogP contribution in [0.15, 0.2) is 0 Å². The predicted molar refractivity (Wildman–Crippen MR) is 124 cm³/mol. The van der Waals surface area contributed by atoms with Gasteiger partial charge in [-0.2, -0.15) is 0 Å². The lowest BCUT2D eigenvalue weighted by molar-refractivity contribution is -0.188. The SMILES string of the molecule is CCCCC[C@H](O)CC[C@H]1CCC2(OCCO2)[C@@H]1CCCCCCC(=O)OCCCC. The van der Waals surface area contributed by atoms with E-state index in [9.17, 15) is 9.90 Å². The summed E-state index contributed by atoms with van der Waals surface area (Å²) in [6, 6.07) is 0. The molecule has 0 radical (unpaired) electrons. The number of aliphatic hydroxyl groups is 1. The van der Waals surface area contributed by atoms with Crippen LogP contribution < -0.4 is 0 Å². The third-order valence-corrected chi connectivity index (χ3v) is 7.19. The van der Waals surface area contributed by atoms with E-state index in [1.54, 1.807) is 0 Å². The highest BCUT2D eigenvalue weighted by atomic mass is 16.7. The number of carbonyl (C=O) groups excluding carboxylic acids is 1. The first-order valence-electron chi connectivity index (χ1n) is 13.2. The highest BCUT2D eigenvalue weighted by molar-refractivity contribution is 5.69. The number of unbranched alkanes of at least 4 members (excludes halogenated alkanes) is 6. The number of rotatable bonds is 17. The Kier molecular flexibility index (Phi) is 13.1. The molecule has 0 aromatic rings. The zero-order valence-corrected chi connectivity index (χ0v) is 20.2. The lowest BCUT2D eigenvalue weighted by Crippen LogP contribution is -2.36. The molecule has 0 aromatic heterocycles. The summed E-state index contributed by atoms with van der Waals surface area (Å²) in [5, 5.41) is 10.4. The number of esters is 1. The topological polar surface area (TPSA) is 65.0 Å². The second-order valence-electron chi connectivity index (χ2n) is 9.67. The lowest BCUT2D eigenvalue weighted by Gasteiger charge is -2.32. The molecule has 2 rings (SSSR count). The summed E-state index contributed by atoms with van der Waals surface area (Å²) < 4.78 is 17.5. The summed E-state index contributed by atoms with van der Waals surface area (Å²) in [7, 11) is 0. The largest absolute Gasteiger partial charge is 0.466 e. The van der Waals surface area contributed by atoms with Crippen LogP contribution in [0.5, 0.6) is 0 Å². The Hall–Kier alpha value is -0.650. The fraction of sp³-hybridized carbons (Fsp3) is 0.962. The maximum Gasteiger partial charge on any atom is 0.305 e. The van der Waals surface area contributed by atoms with Gasteiger partial charge in [0.25, 0.3) is 0 Å². The van der Waals surface area contributed by atoms with Crippen LogP contribution in [0.1, 0.15) is 117 Å². The Bertz CT molecular complexity index is 474. The zero-order valence-electron chi connectivity index (χ0n) is 20.2. The minimum absolute atomic E-state index is 0.0477. The van der Waals surface area contributed by atoms with E-state index in [0.29, 0.717) is 38.1 Å². The van der Waals surface area contributed by atoms with E-state index in [0.717, 1.165) is 83.5 Å². The summed E-state index contributed by atoms with van der Waals surface area (Å²) in [5.41, 5.74) is 0. The molecule has 1 saturated heterocycles. The molecule has 31 heavy (non-hydrogen) atoms. The van der Waals surface area contributed by atoms with Crippen LogP contribution in [0.25, 0.3) is 0 Å². The van der Waals surface area contributed by atoms with E-state index in [1.165, 1.54) is 12.8 Å². The fourth-order valence-electron chi connectivity index (χ4n) is 5.33. The Labute approximate surface area is 190 Å². The van der Waals surface area contributed by atoms with Gasteiger partial charge in [-0.05, 0) is 50.9 Å². The molecule has 1 spiro atoms. The Morgan fingerprint density at radius 2 is 1.71 bits per heavy atom. The highest BCUT2D eigenvalue weighted by Gasteiger charge is 2.51. The van der Waals surface area contributed by atoms with Gasteiger partial charge in [-0.1, -0.05) is 58.8 Å². The minimum Gasteiger partial charge on any atom is -0.466 e. The standard InChI is InChI=1S/C26H48O5/c1-3-5-9-12-23(27)16-15-22-17-18-26(30-20-21-31-26)24(22)13-10-7-8-11-14-25(28)29-19-6-4-2/h22-24,27H,3-21H2,1-2H3/t22-,23-,24+/m0/s1. The lowest BCUT2D eigenvalue weighted by atomic mass is 9.84. The maximum atomic E-state index is 11.7. The first kappa shape index (κ1) is 26.6. The van der Waals surface area contributed by atoms with E-state index in [2.05, 4.69) is 13.8 Å². The second kappa shape index (κ2) is 15.2. The van der Waals surface area contributed by atoms with Gasteiger partial charge in [-0.3, -0.25) is 4.79 Å². The third kappa shape index (κ3) is 9.39. The number of hydrogen-bond acceptors (Lipinski definition) is 5.